The van der Waals surface area contributed by atoms with Crippen molar-refractivity contribution < 1.29 is 19.5 Å². The lowest BCUT2D eigenvalue weighted by molar-refractivity contribution is -0.132. The van der Waals surface area contributed by atoms with Gasteiger partial charge >= 0.3 is 5.97 Å². The molecule has 104 valence electrons. The summed E-state index contributed by atoms with van der Waals surface area (Å²) in [6.07, 6.45) is 0. The molecule has 0 heterocycles. The number of phenolic OH excluding ortho intramolecular Hbond substituents is 1. The highest BCUT2D eigenvalue weighted by Crippen LogP contribution is 2.32. The fourth-order valence-corrected chi connectivity index (χ4v) is 1.96. The van der Waals surface area contributed by atoms with Crippen LogP contribution >= 0.6 is 0 Å². The van der Waals surface area contributed by atoms with E-state index in [-0.39, 0.29) is 11.5 Å². The van der Waals surface area contributed by atoms with E-state index >= 15 is 0 Å². The van der Waals surface area contributed by atoms with Gasteiger partial charge < -0.3 is 14.7 Å². The minimum absolute atomic E-state index is 0.0294. The van der Waals surface area contributed by atoms with Gasteiger partial charge in [-0.05, 0) is 49.9 Å². The van der Waals surface area contributed by atoms with Crippen LogP contribution in [-0.4, -0.2) is 31.0 Å². The highest BCUT2D eigenvalue weighted by atomic mass is 16.6. The second kappa shape index (κ2) is 5.73. The van der Waals surface area contributed by atoms with E-state index in [0.29, 0.717) is 11.1 Å². The van der Waals surface area contributed by atoms with Gasteiger partial charge in [0.15, 0.2) is 5.71 Å². The van der Waals surface area contributed by atoms with Crippen molar-refractivity contribution in [3.05, 3.63) is 27.8 Å². The number of benzene rings is 1. The molecule has 1 N–H and O–H groups in total. The van der Waals surface area contributed by atoms with Crippen LogP contribution in [0.25, 0.3) is 0 Å². The third-order valence-corrected chi connectivity index (χ3v) is 3.45. The van der Waals surface area contributed by atoms with Gasteiger partial charge in [0.05, 0.1) is 12.7 Å². The van der Waals surface area contributed by atoms with Crippen LogP contribution in [0, 0.1) is 27.7 Å². The zero-order valence-electron chi connectivity index (χ0n) is 12.1. The molecule has 0 aliphatic rings. The van der Waals surface area contributed by atoms with Crippen molar-refractivity contribution in [2.45, 2.75) is 27.7 Å². The smallest absolute Gasteiger partial charge is 0.360 e. The average molecular weight is 265 g/mol. The predicted molar refractivity (Wildman–Crippen MR) is 72.6 cm³/mol. The van der Waals surface area contributed by atoms with Gasteiger partial charge in [0.2, 0.25) is 0 Å². The highest BCUT2D eigenvalue weighted by Gasteiger charge is 2.25. The van der Waals surface area contributed by atoms with Crippen molar-refractivity contribution in [1.82, 2.24) is 0 Å². The molecule has 0 saturated carbocycles. The maximum Gasteiger partial charge on any atom is 0.360 e. The van der Waals surface area contributed by atoms with Gasteiger partial charge in [0.25, 0.3) is 0 Å². The number of hydrogen-bond acceptors (Lipinski definition) is 5. The Morgan fingerprint density at radius 2 is 1.53 bits per heavy atom. The summed E-state index contributed by atoms with van der Waals surface area (Å²) in [7, 11) is 2.59. The summed E-state index contributed by atoms with van der Waals surface area (Å²) in [6.45, 7) is 7.47. The van der Waals surface area contributed by atoms with E-state index in [0.717, 1.165) is 16.7 Å². The Labute approximate surface area is 112 Å². The molecule has 0 aliphatic heterocycles. The van der Waals surface area contributed by atoms with Crippen LogP contribution in [0.3, 0.4) is 0 Å². The van der Waals surface area contributed by atoms with Crippen molar-refractivity contribution in [3.63, 3.8) is 0 Å². The van der Waals surface area contributed by atoms with Crippen LogP contribution < -0.4 is 0 Å². The van der Waals surface area contributed by atoms with Crippen LogP contribution in [0.5, 0.6) is 5.75 Å². The maximum absolute atomic E-state index is 11.8. The van der Waals surface area contributed by atoms with Gasteiger partial charge in [-0.3, -0.25) is 0 Å². The summed E-state index contributed by atoms with van der Waals surface area (Å²) >= 11 is 0. The first-order chi connectivity index (χ1) is 8.86. The molecular formula is C14H19NO4. The van der Waals surface area contributed by atoms with E-state index in [1.807, 2.05) is 20.8 Å². The second-order valence-electron chi connectivity index (χ2n) is 4.34. The van der Waals surface area contributed by atoms with Crippen molar-refractivity contribution in [1.29, 1.82) is 0 Å². The van der Waals surface area contributed by atoms with Crippen molar-refractivity contribution in [2.75, 3.05) is 14.2 Å². The number of nitrogens with zero attached hydrogens (tertiary/aromatic N) is 1. The first kappa shape index (κ1) is 15.0. The minimum Gasteiger partial charge on any atom is -0.507 e. The Morgan fingerprint density at radius 1 is 1.00 bits per heavy atom. The molecule has 1 rings (SSSR count). The zero-order valence-corrected chi connectivity index (χ0v) is 12.1. The summed E-state index contributed by atoms with van der Waals surface area (Å²) in [4.78, 5) is 16.4. The first-order valence-corrected chi connectivity index (χ1v) is 5.85. The molecule has 0 spiro atoms. The lowest BCUT2D eigenvalue weighted by Gasteiger charge is -2.17. The fourth-order valence-electron chi connectivity index (χ4n) is 1.96. The number of carbonyl (C=O) groups is 1. The molecule has 5 heteroatoms. The number of esters is 1. The molecule has 0 atom stereocenters. The molecule has 1 aromatic carbocycles. The van der Waals surface area contributed by atoms with Gasteiger partial charge in [0.1, 0.15) is 12.9 Å². The van der Waals surface area contributed by atoms with Crippen LogP contribution in [0.15, 0.2) is 5.16 Å². The largest absolute Gasteiger partial charge is 0.507 e. The number of oxime groups is 1. The topological polar surface area (TPSA) is 68.1 Å². The van der Waals surface area contributed by atoms with Crippen LogP contribution in [0.1, 0.15) is 27.8 Å². The molecule has 0 fully saturated rings. The van der Waals surface area contributed by atoms with Crippen molar-refractivity contribution in [2.24, 2.45) is 5.16 Å². The standard InChI is InChI=1S/C14H19NO4/c1-7-8(2)10(4)13(16)11(9(7)3)12(15-19-6)14(17)18-5/h16H,1-6H3. The van der Waals surface area contributed by atoms with Gasteiger partial charge in [0, 0.05) is 0 Å². The molecule has 0 radical (unpaired) electrons. The lowest BCUT2D eigenvalue weighted by atomic mass is 9.91. The van der Waals surface area contributed by atoms with Crippen LogP contribution in [0.4, 0.5) is 0 Å². The summed E-state index contributed by atoms with van der Waals surface area (Å²) in [5.74, 6) is -0.621. The van der Waals surface area contributed by atoms with Gasteiger partial charge in [-0.15, -0.1) is 0 Å². The molecule has 0 unspecified atom stereocenters. The third kappa shape index (κ3) is 2.54. The third-order valence-electron chi connectivity index (χ3n) is 3.45. The molecule has 0 saturated heterocycles. The van der Waals surface area contributed by atoms with Crippen LogP contribution in [0.2, 0.25) is 0 Å². The first-order valence-electron chi connectivity index (χ1n) is 5.85. The Bertz CT molecular complexity index is 518. The van der Waals surface area contributed by atoms with Crippen molar-refractivity contribution >= 4 is 11.7 Å². The number of carbonyl (C=O) groups excluding carboxylic acids is 1. The number of rotatable bonds is 3. The fraction of sp³-hybridized carbons (Fsp3) is 0.429. The Kier molecular flexibility index (Phi) is 4.53. The number of phenols is 1. The van der Waals surface area contributed by atoms with E-state index in [2.05, 4.69) is 14.7 Å². The molecule has 19 heavy (non-hydrogen) atoms. The van der Waals surface area contributed by atoms with E-state index in [9.17, 15) is 9.90 Å². The minimum atomic E-state index is -0.650. The zero-order chi connectivity index (χ0) is 14.7. The molecule has 0 aliphatic carbocycles. The molecule has 0 amide bonds. The monoisotopic (exact) mass is 265 g/mol. The maximum atomic E-state index is 11.8. The quantitative estimate of drug-likeness (QED) is 0.516. The molecule has 5 nitrogen and oxygen atoms in total. The van der Waals surface area contributed by atoms with Gasteiger partial charge in [-0.25, -0.2) is 4.79 Å². The highest BCUT2D eigenvalue weighted by molar-refractivity contribution is 6.44. The van der Waals surface area contributed by atoms with E-state index in [4.69, 9.17) is 0 Å². The summed E-state index contributed by atoms with van der Waals surface area (Å²) < 4.78 is 4.68. The SMILES string of the molecule is CON=C(C(=O)OC)c1c(C)c(C)c(C)c(C)c1O. The Balaban J connectivity index is 3.66. The lowest BCUT2D eigenvalue weighted by Crippen LogP contribution is -2.20. The number of methoxy groups -OCH3 is 1. The Hall–Kier alpha value is -2.04. The summed E-state index contributed by atoms with van der Waals surface area (Å²) in [5, 5.41) is 14.0. The summed E-state index contributed by atoms with van der Waals surface area (Å²) in [6, 6.07) is 0. The number of hydrogen-bond donors (Lipinski definition) is 1. The number of ether oxygens (including phenoxy) is 1. The van der Waals surface area contributed by atoms with E-state index < -0.39 is 5.97 Å². The summed E-state index contributed by atoms with van der Waals surface area (Å²) in [5.41, 5.74) is 3.80. The second-order valence-corrected chi connectivity index (χ2v) is 4.34. The predicted octanol–water partition coefficient (Wildman–Crippen LogP) is 2.15. The Morgan fingerprint density at radius 3 is 2.00 bits per heavy atom. The molecule has 0 aromatic heterocycles. The molecule has 1 aromatic rings. The molecular weight excluding hydrogens is 246 g/mol. The normalized spacial score (nSPS) is 11.4. The average Bonchev–Trinajstić information content (AvgIpc) is 2.41. The van der Waals surface area contributed by atoms with E-state index in [1.165, 1.54) is 14.2 Å². The van der Waals surface area contributed by atoms with Crippen LogP contribution in [-0.2, 0) is 14.4 Å². The van der Waals surface area contributed by atoms with Gasteiger partial charge in [-0.1, -0.05) is 5.16 Å². The van der Waals surface area contributed by atoms with E-state index in [1.54, 1.807) is 6.92 Å². The van der Waals surface area contributed by atoms with Crippen molar-refractivity contribution in [3.8, 4) is 5.75 Å². The number of aromatic hydroxyl groups is 1. The van der Waals surface area contributed by atoms with Gasteiger partial charge in [-0.2, -0.15) is 0 Å². The molecule has 0 bridgehead atoms.